The van der Waals surface area contributed by atoms with Gasteiger partial charge in [0.15, 0.2) is 0 Å². The van der Waals surface area contributed by atoms with Gasteiger partial charge in [-0.3, -0.25) is 10.1 Å². The summed E-state index contributed by atoms with van der Waals surface area (Å²) in [6.45, 7) is 0. The number of rotatable bonds is 3. The third kappa shape index (κ3) is 2.94. The fraction of sp³-hybridized carbons (Fsp3) is 0. The predicted octanol–water partition coefficient (Wildman–Crippen LogP) is 3.59. The molecule has 0 bridgehead atoms. The van der Waals surface area contributed by atoms with E-state index < -0.39 is 4.92 Å². The van der Waals surface area contributed by atoms with Gasteiger partial charge in [-0.1, -0.05) is 0 Å². The predicted molar refractivity (Wildman–Crippen MR) is 70.1 cm³/mol. The lowest BCUT2D eigenvalue weighted by atomic mass is 10.2. The monoisotopic (exact) mass is 268 g/mol. The van der Waals surface area contributed by atoms with E-state index in [9.17, 15) is 15.2 Å². The summed E-state index contributed by atoms with van der Waals surface area (Å²) in [6.07, 6.45) is 0. The molecule has 7 nitrogen and oxygen atoms in total. The molecule has 0 aliphatic carbocycles. The van der Waals surface area contributed by atoms with Crippen molar-refractivity contribution in [2.45, 2.75) is 0 Å². The van der Waals surface area contributed by atoms with Gasteiger partial charge in [0.1, 0.15) is 11.8 Å². The highest BCUT2D eigenvalue weighted by molar-refractivity contribution is 5.52. The maximum atomic E-state index is 10.5. The van der Waals surface area contributed by atoms with E-state index in [0.29, 0.717) is 11.4 Å². The van der Waals surface area contributed by atoms with Crippen LogP contribution in [0.15, 0.2) is 52.7 Å². The van der Waals surface area contributed by atoms with Crippen molar-refractivity contribution in [2.75, 3.05) is 0 Å². The minimum atomic E-state index is -0.500. The summed E-state index contributed by atoms with van der Waals surface area (Å²) in [5, 5.41) is 36.4. The number of hydrogen-bond acceptors (Lipinski definition) is 6. The summed E-state index contributed by atoms with van der Waals surface area (Å²) in [6, 6.07) is 11.7. The van der Waals surface area contributed by atoms with E-state index in [-0.39, 0.29) is 17.0 Å². The number of phenolic OH excluding ortho intramolecular Hbond substituents is 1. The third-order valence-electron chi connectivity index (χ3n) is 2.44. The summed E-state index contributed by atoms with van der Waals surface area (Å²) < 4.78 is 0. The van der Waals surface area contributed by atoms with Gasteiger partial charge in [0.25, 0.3) is 5.69 Å². The number of phenols is 1. The normalized spacial score (nSPS) is 10.3. The molecule has 98 valence electrons. The van der Waals surface area contributed by atoms with Gasteiger partial charge in [-0.05, 0) is 30.3 Å². The molecule has 1 N–H and O–H groups in total. The second-order valence-corrected chi connectivity index (χ2v) is 3.79. The quantitative estimate of drug-likeness (QED) is 0.520. The smallest absolute Gasteiger partial charge is 0.269 e. The maximum absolute atomic E-state index is 10.5. The van der Waals surface area contributed by atoms with E-state index >= 15 is 0 Å². The first kappa shape index (κ1) is 13.2. The zero-order chi connectivity index (χ0) is 14.5. The third-order valence-corrected chi connectivity index (χ3v) is 2.44. The minimum absolute atomic E-state index is 0.0275. The molecule has 0 saturated heterocycles. The zero-order valence-corrected chi connectivity index (χ0v) is 10.1. The Hall–Kier alpha value is -3.27. The maximum Gasteiger partial charge on any atom is 0.269 e. The molecule has 0 fully saturated rings. The average Bonchev–Trinajstić information content (AvgIpc) is 2.46. The molecule has 2 aromatic carbocycles. The van der Waals surface area contributed by atoms with Gasteiger partial charge in [0, 0.05) is 12.1 Å². The molecular formula is C13H8N4O3. The van der Waals surface area contributed by atoms with E-state index in [1.54, 1.807) is 0 Å². The van der Waals surface area contributed by atoms with Crippen molar-refractivity contribution in [3.8, 4) is 11.8 Å². The van der Waals surface area contributed by atoms with Crippen molar-refractivity contribution in [3.05, 3.63) is 58.1 Å². The molecule has 0 aromatic heterocycles. The van der Waals surface area contributed by atoms with Crippen molar-refractivity contribution in [2.24, 2.45) is 10.2 Å². The molecule has 0 heterocycles. The first-order chi connectivity index (χ1) is 9.60. The van der Waals surface area contributed by atoms with Crippen LogP contribution in [0.5, 0.6) is 5.75 Å². The Morgan fingerprint density at radius 1 is 1.10 bits per heavy atom. The molecular weight excluding hydrogens is 260 g/mol. The highest BCUT2D eigenvalue weighted by atomic mass is 16.6. The largest absolute Gasteiger partial charge is 0.507 e. The molecule has 0 aliphatic rings. The summed E-state index contributed by atoms with van der Waals surface area (Å²) >= 11 is 0. The van der Waals surface area contributed by atoms with Gasteiger partial charge in [0.2, 0.25) is 0 Å². The zero-order valence-electron chi connectivity index (χ0n) is 10.1. The molecule has 0 atom stereocenters. The summed E-state index contributed by atoms with van der Waals surface area (Å²) in [5.41, 5.74) is 0.922. The second-order valence-electron chi connectivity index (χ2n) is 3.79. The second kappa shape index (κ2) is 5.58. The van der Waals surface area contributed by atoms with Crippen LogP contribution < -0.4 is 0 Å². The van der Waals surface area contributed by atoms with E-state index in [0.717, 1.165) is 0 Å². The number of aromatic hydroxyl groups is 1. The highest BCUT2D eigenvalue weighted by Crippen LogP contribution is 2.25. The van der Waals surface area contributed by atoms with Crippen molar-refractivity contribution in [1.29, 1.82) is 5.26 Å². The van der Waals surface area contributed by atoms with E-state index in [2.05, 4.69) is 10.2 Å². The molecule has 2 rings (SSSR count). The molecule has 0 aliphatic heterocycles. The number of azo groups is 1. The van der Waals surface area contributed by atoms with Crippen molar-refractivity contribution in [1.82, 2.24) is 0 Å². The summed E-state index contributed by atoms with van der Waals surface area (Å²) in [4.78, 5) is 9.99. The van der Waals surface area contributed by atoms with Gasteiger partial charge in [0.05, 0.1) is 21.9 Å². The van der Waals surface area contributed by atoms with Crippen LogP contribution in [0.3, 0.4) is 0 Å². The summed E-state index contributed by atoms with van der Waals surface area (Å²) in [7, 11) is 0. The number of non-ortho nitro benzene ring substituents is 1. The van der Waals surface area contributed by atoms with Gasteiger partial charge >= 0.3 is 0 Å². The van der Waals surface area contributed by atoms with Crippen LogP contribution in [0.4, 0.5) is 17.1 Å². The number of benzene rings is 2. The van der Waals surface area contributed by atoms with Gasteiger partial charge in [-0.25, -0.2) is 0 Å². The fourth-order valence-electron chi connectivity index (χ4n) is 1.43. The number of nitro groups is 1. The van der Waals surface area contributed by atoms with E-state index in [1.807, 2.05) is 6.07 Å². The van der Waals surface area contributed by atoms with Crippen LogP contribution >= 0.6 is 0 Å². The lowest BCUT2D eigenvalue weighted by Gasteiger charge is -1.97. The molecule has 0 saturated carbocycles. The Morgan fingerprint density at radius 2 is 1.70 bits per heavy atom. The topological polar surface area (TPSA) is 112 Å². The number of nitriles is 1. The molecule has 0 unspecified atom stereocenters. The molecule has 20 heavy (non-hydrogen) atoms. The number of hydrogen-bond donors (Lipinski definition) is 1. The lowest BCUT2D eigenvalue weighted by molar-refractivity contribution is -0.384. The van der Waals surface area contributed by atoms with Crippen LogP contribution in [-0.2, 0) is 0 Å². The van der Waals surface area contributed by atoms with Crippen LogP contribution in [0.2, 0.25) is 0 Å². The van der Waals surface area contributed by atoms with Gasteiger partial charge in [-0.15, -0.1) is 0 Å². The van der Waals surface area contributed by atoms with Crippen molar-refractivity contribution in [3.63, 3.8) is 0 Å². The van der Waals surface area contributed by atoms with E-state index in [1.165, 1.54) is 42.5 Å². The van der Waals surface area contributed by atoms with Crippen LogP contribution in [-0.4, -0.2) is 10.0 Å². The highest BCUT2D eigenvalue weighted by Gasteiger charge is 2.04. The van der Waals surface area contributed by atoms with Gasteiger partial charge < -0.3 is 5.11 Å². The average molecular weight is 268 g/mol. The minimum Gasteiger partial charge on any atom is -0.507 e. The number of nitro benzene ring substituents is 1. The fourth-order valence-corrected chi connectivity index (χ4v) is 1.43. The van der Waals surface area contributed by atoms with Crippen LogP contribution in [0.25, 0.3) is 0 Å². The Morgan fingerprint density at radius 3 is 2.30 bits per heavy atom. The molecule has 7 heteroatoms. The van der Waals surface area contributed by atoms with Crippen LogP contribution in [0.1, 0.15) is 5.56 Å². The van der Waals surface area contributed by atoms with Crippen molar-refractivity contribution < 1.29 is 10.0 Å². The molecule has 2 aromatic rings. The van der Waals surface area contributed by atoms with Crippen LogP contribution in [0, 0.1) is 21.4 Å². The summed E-state index contributed by atoms with van der Waals surface area (Å²) in [5.74, 6) is -0.123. The molecule has 0 spiro atoms. The Balaban J connectivity index is 2.21. The van der Waals surface area contributed by atoms with Gasteiger partial charge in [-0.2, -0.15) is 15.5 Å². The molecule has 0 amide bonds. The van der Waals surface area contributed by atoms with Crippen molar-refractivity contribution >= 4 is 17.1 Å². The Bertz CT molecular complexity index is 717. The Labute approximate surface area is 113 Å². The first-order valence-electron chi connectivity index (χ1n) is 5.49. The first-order valence-corrected chi connectivity index (χ1v) is 5.49. The number of nitrogens with zero attached hydrogens (tertiary/aromatic N) is 4. The SMILES string of the molecule is N#Cc1cc(/N=N/c2ccc([N+](=O)[O-])cc2)ccc1O. The van der Waals surface area contributed by atoms with E-state index in [4.69, 9.17) is 5.26 Å². The molecule has 0 radical (unpaired) electrons. The standard InChI is InChI=1S/C13H8N4O3/c14-8-9-7-11(3-6-13(9)18)16-15-10-1-4-12(5-2-10)17(19)20/h1-7,18H/b16-15+. The Kier molecular flexibility index (Phi) is 3.67. The lowest BCUT2D eigenvalue weighted by Crippen LogP contribution is -1.85.